The Kier molecular flexibility index (Phi) is 7.36. The number of hydrogen-bond acceptors (Lipinski definition) is 5. The first-order valence-corrected chi connectivity index (χ1v) is 9.99. The number of sulfonamides is 1. The van der Waals surface area contributed by atoms with Crippen LogP contribution in [0.15, 0.2) is 41.3 Å². The molecule has 2 aromatic rings. The van der Waals surface area contributed by atoms with E-state index in [2.05, 4.69) is 10.1 Å². The van der Waals surface area contributed by atoms with Gasteiger partial charge in [0.15, 0.2) is 6.61 Å². The average Bonchev–Trinajstić information content (AvgIpc) is 2.63. The van der Waals surface area contributed by atoms with E-state index in [1.807, 2.05) is 4.72 Å². The Hall–Kier alpha value is -2.20. The molecule has 0 saturated heterocycles. The van der Waals surface area contributed by atoms with Gasteiger partial charge in [-0.1, -0.05) is 29.3 Å². The predicted octanol–water partition coefficient (Wildman–Crippen LogP) is 2.90. The van der Waals surface area contributed by atoms with Gasteiger partial charge in [0.1, 0.15) is 12.4 Å². The minimum Gasteiger partial charge on any atom is -0.455 e. The lowest BCUT2D eigenvalue weighted by Gasteiger charge is -2.09. The fraction of sp³-hybridized carbons (Fsp3) is 0.176. The van der Waals surface area contributed by atoms with Crippen LogP contribution in [0.25, 0.3) is 0 Å². The van der Waals surface area contributed by atoms with E-state index in [1.165, 1.54) is 24.3 Å². The SMILES string of the molecule is Cc1ccc(NC(=O)COC(=O)CNS(=O)(=O)c2ccc(Cl)c(Cl)c2)c(F)c1. The molecule has 0 unspecified atom stereocenters. The largest absolute Gasteiger partial charge is 0.455 e. The second-order valence-corrected chi connectivity index (χ2v) is 8.17. The summed E-state index contributed by atoms with van der Waals surface area (Å²) in [7, 11) is -4.04. The molecule has 28 heavy (non-hydrogen) atoms. The van der Waals surface area contributed by atoms with Crippen molar-refractivity contribution in [3.63, 3.8) is 0 Å². The van der Waals surface area contributed by atoms with Crippen molar-refractivity contribution in [2.75, 3.05) is 18.5 Å². The van der Waals surface area contributed by atoms with Crippen molar-refractivity contribution in [3.8, 4) is 0 Å². The average molecular weight is 449 g/mol. The second kappa shape index (κ2) is 9.33. The topological polar surface area (TPSA) is 102 Å². The van der Waals surface area contributed by atoms with Gasteiger partial charge >= 0.3 is 5.97 Å². The Morgan fingerprint density at radius 2 is 1.82 bits per heavy atom. The van der Waals surface area contributed by atoms with Gasteiger partial charge in [-0.05, 0) is 42.8 Å². The first-order chi connectivity index (χ1) is 13.1. The molecule has 0 saturated carbocycles. The van der Waals surface area contributed by atoms with Gasteiger partial charge in [0, 0.05) is 0 Å². The maximum Gasteiger partial charge on any atom is 0.321 e. The van der Waals surface area contributed by atoms with E-state index in [0.717, 1.165) is 6.07 Å². The van der Waals surface area contributed by atoms with Gasteiger partial charge in [-0.2, -0.15) is 4.72 Å². The highest BCUT2D eigenvalue weighted by Crippen LogP contribution is 2.24. The van der Waals surface area contributed by atoms with E-state index >= 15 is 0 Å². The Balaban J connectivity index is 1.84. The van der Waals surface area contributed by atoms with E-state index in [1.54, 1.807) is 13.0 Å². The number of benzene rings is 2. The number of aryl methyl sites for hydroxylation is 1. The molecule has 0 bridgehead atoms. The number of carbonyl (C=O) groups excluding carboxylic acids is 2. The highest BCUT2D eigenvalue weighted by Gasteiger charge is 2.18. The Morgan fingerprint density at radius 3 is 2.46 bits per heavy atom. The number of hydrogen-bond donors (Lipinski definition) is 2. The third-order valence-electron chi connectivity index (χ3n) is 3.37. The zero-order chi connectivity index (χ0) is 20.9. The first kappa shape index (κ1) is 22.1. The molecule has 2 rings (SSSR count). The molecule has 11 heteroatoms. The van der Waals surface area contributed by atoms with Gasteiger partial charge in [-0.15, -0.1) is 0 Å². The van der Waals surface area contributed by atoms with Crippen LogP contribution in [0.5, 0.6) is 0 Å². The number of anilines is 1. The molecule has 0 radical (unpaired) electrons. The quantitative estimate of drug-likeness (QED) is 0.634. The van der Waals surface area contributed by atoms with E-state index in [4.69, 9.17) is 23.2 Å². The van der Waals surface area contributed by atoms with Gasteiger partial charge < -0.3 is 10.1 Å². The number of ether oxygens (including phenoxy) is 1. The standard InChI is InChI=1S/C17H15Cl2FN2O5S/c1-10-2-5-15(14(20)6-10)22-16(23)9-27-17(24)8-21-28(25,26)11-3-4-12(18)13(19)7-11/h2-7,21H,8-9H2,1H3,(H,22,23). The molecule has 150 valence electrons. The second-order valence-electron chi connectivity index (χ2n) is 5.59. The molecular weight excluding hydrogens is 434 g/mol. The van der Waals surface area contributed by atoms with Crippen LogP contribution in [0.2, 0.25) is 10.0 Å². The Labute approximate surface area is 170 Å². The molecular formula is C17H15Cl2FN2O5S. The zero-order valence-electron chi connectivity index (χ0n) is 14.5. The predicted molar refractivity (Wildman–Crippen MR) is 102 cm³/mol. The van der Waals surface area contributed by atoms with Crippen LogP contribution in [0, 0.1) is 12.7 Å². The molecule has 1 amide bonds. The number of carbonyl (C=O) groups is 2. The Morgan fingerprint density at radius 1 is 1.11 bits per heavy atom. The summed E-state index contributed by atoms with van der Waals surface area (Å²) >= 11 is 11.5. The zero-order valence-corrected chi connectivity index (χ0v) is 16.8. The maximum absolute atomic E-state index is 13.7. The minimum atomic E-state index is -4.04. The summed E-state index contributed by atoms with van der Waals surface area (Å²) in [6.07, 6.45) is 0. The van der Waals surface area contributed by atoms with Gasteiger partial charge in [0.25, 0.3) is 5.91 Å². The molecule has 0 aromatic heterocycles. The number of halogens is 3. The lowest BCUT2D eigenvalue weighted by molar-refractivity contribution is -0.146. The number of amides is 1. The van der Waals surface area contributed by atoms with Crippen molar-refractivity contribution >= 4 is 50.8 Å². The molecule has 0 fully saturated rings. The van der Waals surface area contributed by atoms with Crippen molar-refractivity contribution in [1.29, 1.82) is 0 Å². The monoisotopic (exact) mass is 448 g/mol. The van der Waals surface area contributed by atoms with Crippen LogP contribution in [-0.4, -0.2) is 33.4 Å². The third-order valence-corrected chi connectivity index (χ3v) is 5.51. The van der Waals surface area contributed by atoms with Crippen LogP contribution in [0.4, 0.5) is 10.1 Å². The first-order valence-electron chi connectivity index (χ1n) is 7.75. The number of nitrogens with one attached hydrogen (secondary N) is 2. The molecule has 0 heterocycles. The molecule has 2 aromatic carbocycles. The lowest BCUT2D eigenvalue weighted by atomic mass is 10.2. The van der Waals surface area contributed by atoms with Gasteiger partial charge in [-0.25, -0.2) is 12.8 Å². The lowest BCUT2D eigenvalue weighted by Crippen LogP contribution is -2.32. The number of esters is 1. The normalized spacial score (nSPS) is 11.1. The highest BCUT2D eigenvalue weighted by molar-refractivity contribution is 7.89. The third kappa shape index (κ3) is 6.16. The molecule has 0 aliphatic rings. The fourth-order valence-corrected chi connectivity index (χ4v) is 3.34. The summed E-state index contributed by atoms with van der Waals surface area (Å²) < 4.78 is 44.5. The van der Waals surface area contributed by atoms with Crippen molar-refractivity contribution in [2.24, 2.45) is 0 Å². The summed E-state index contributed by atoms with van der Waals surface area (Å²) in [6, 6.07) is 7.84. The molecule has 2 N–H and O–H groups in total. The van der Waals surface area contributed by atoms with Crippen LogP contribution in [-0.2, 0) is 24.3 Å². The summed E-state index contributed by atoms with van der Waals surface area (Å²) in [4.78, 5) is 23.2. The summed E-state index contributed by atoms with van der Waals surface area (Å²) in [6.45, 7) is 0.269. The van der Waals surface area contributed by atoms with E-state index < -0.39 is 40.9 Å². The van der Waals surface area contributed by atoms with Crippen molar-refractivity contribution < 1.29 is 27.1 Å². The van der Waals surface area contributed by atoms with Gasteiger partial charge in [0.05, 0.1) is 20.6 Å². The minimum absolute atomic E-state index is 0.0344. The summed E-state index contributed by atoms with van der Waals surface area (Å²) in [5.74, 6) is -2.40. The van der Waals surface area contributed by atoms with Crippen LogP contribution in [0.1, 0.15) is 5.56 Å². The molecule has 0 aliphatic heterocycles. The molecule has 0 aliphatic carbocycles. The Bertz CT molecular complexity index is 1010. The van der Waals surface area contributed by atoms with Crippen LogP contribution in [0.3, 0.4) is 0 Å². The van der Waals surface area contributed by atoms with Gasteiger partial charge in [0.2, 0.25) is 10.0 Å². The van der Waals surface area contributed by atoms with E-state index in [0.29, 0.717) is 5.56 Å². The van der Waals surface area contributed by atoms with Crippen molar-refractivity contribution in [1.82, 2.24) is 4.72 Å². The molecule has 0 atom stereocenters. The van der Waals surface area contributed by atoms with E-state index in [9.17, 15) is 22.4 Å². The van der Waals surface area contributed by atoms with Crippen molar-refractivity contribution in [3.05, 3.63) is 57.8 Å². The fourth-order valence-electron chi connectivity index (χ4n) is 1.99. The number of rotatable bonds is 7. The van der Waals surface area contributed by atoms with E-state index in [-0.39, 0.29) is 20.6 Å². The van der Waals surface area contributed by atoms with Crippen LogP contribution < -0.4 is 10.0 Å². The maximum atomic E-state index is 13.7. The molecule has 0 spiro atoms. The van der Waals surface area contributed by atoms with Crippen molar-refractivity contribution in [2.45, 2.75) is 11.8 Å². The molecule has 7 nitrogen and oxygen atoms in total. The smallest absolute Gasteiger partial charge is 0.321 e. The van der Waals surface area contributed by atoms with Crippen LogP contribution >= 0.6 is 23.2 Å². The summed E-state index contributed by atoms with van der Waals surface area (Å²) in [5, 5.41) is 2.46. The summed E-state index contributed by atoms with van der Waals surface area (Å²) in [5.41, 5.74) is 0.614. The highest BCUT2D eigenvalue weighted by atomic mass is 35.5. The van der Waals surface area contributed by atoms with Gasteiger partial charge in [-0.3, -0.25) is 9.59 Å².